The fourth-order valence-electron chi connectivity index (χ4n) is 1.99. The summed E-state index contributed by atoms with van der Waals surface area (Å²) in [5.41, 5.74) is 2.96. The van der Waals surface area contributed by atoms with Crippen molar-refractivity contribution < 1.29 is 0 Å². The van der Waals surface area contributed by atoms with E-state index in [9.17, 15) is 0 Å². The quantitative estimate of drug-likeness (QED) is 0.570. The summed E-state index contributed by atoms with van der Waals surface area (Å²) in [6.07, 6.45) is 1.74. The van der Waals surface area contributed by atoms with Crippen LogP contribution in [0.15, 0.2) is 53.6 Å². The van der Waals surface area contributed by atoms with Gasteiger partial charge in [-0.1, -0.05) is 53.6 Å². The van der Waals surface area contributed by atoms with Gasteiger partial charge in [-0.3, -0.25) is 0 Å². The molecule has 22 heavy (non-hydrogen) atoms. The molecule has 0 atom stereocenters. The summed E-state index contributed by atoms with van der Waals surface area (Å²) in [7, 11) is 0. The minimum atomic E-state index is 0.415. The first-order valence-electron chi connectivity index (χ1n) is 6.68. The molecule has 0 aliphatic rings. The first-order chi connectivity index (χ1) is 10.6. The van der Waals surface area contributed by atoms with Crippen molar-refractivity contribution in [3.8, 4) is 11.4 Å². The van der Waals surface area contributed by atoms with Gasteiger partial charge in [0, 0.05) is 5.56 Å². The highest BCUT2D eigenvalue weighted by Gasteiger charge is 2.10. The summed E-state index contributed by atoms with van der Waals surface area (Å²) in [5, 5.41) is 12.0. The number of hydrogen-bond donors (Lipinski definition) is 1. The van der Waals surface area contributed by atoms with Crippen LogP contribution in [-0.4, -0.2) is 21.1 Å². The Morgan fingerprint density at radius 3 is 2.64 bits per heavy atom. The third-order valence-corrected chi connectivity index (χ3v) is 3.76. The van der Waals surface area contributed by atoms with Gasteiger partial charge in [0.2, 0.25) is 4.77 Å². The average Bonchev–Trinajstić information content (AvgIpc) is 2.88. The van der Waals surface area contributed by atoms with Gasteiger partial charge in [0.05, 0.1) is 11.2 Å². The highest BCUT2D eigenvalue weighted by molar-refractivity contribution is 7.71. The molecular weight excluding hydrogens is 316 g/mol. The van der Waals surface area contributed by atoms with Gasteiger partial charge >= 0.3 is 0 Å². The van der Waals surface area contributed by atoms with E-state index in [1.54, 1.807) is 10.9 Å². The molecule has 1 heterocycles. The van der Waals surface area contributed by atoms with E-state index < -0.39 is 0 Å². The molecule has 1 aromatic heterocycles. The molecule has 0 amide bonds. The summed E-state index contributed by atoms with van der Waals surface area (Å²) < 4.78 is 1.98. The maximum absolute atomic E-state index is 6.22. The Kier molecular flexibility index (Phi) is 4.18. The number of benzene rings is 2. The normalized spacial score (nSPS) is 11.2. The molecule has 2 aromatic carbocycles. The van der Waals surface area contributed by atoms with E-state index in [-0.39, 0.29) is 0 Å². The van der Waals surface area contributed by atoms with Gasteiger partial charge in [-0.15, -0.1) is 0 Å². The predicted octanol–water partition coefficient (Wildman–Crippen LogP) is 4.45. The van der Waals surface area contributed by atoms with Crippen LogP contribution >= 0.6 is 23.8 Å². The van der Waals surface area contributed by atoms with Crippen molar-refractivity contribution in [1.29, 1.82) is 0 Å². The maximum Gasteiger partial charge on any atom is 0.216 e. The zero-order chi connectivity index (χ0) is 15.5. The highest BCUT2D eigenvalue weighted by atomic mass is 35.5. The Bertz CT molecular complexity index is 878. The zero-order valence-corrected chi connectivity index (χ0v) is 13.4. The van der Waals surface area contributed by atoms with Crippen molar-refractivity contribution in [3.63, 3.8) is 0 Å². The fourth-order valence-corrected chi connectivity index (χ4v) is 2.39. The van der Waals surface area contributed by atoms with Crippen LogP contribution in [0.25, 0.3) is 11.4 Å². The van der Waals surface area contributed by atoms with Gasteiger partial charge < -0.3 is 0 Å². The minimum absolute atomic E-state index is 0.415. The molecule has 3 aromatic rings. The topological polar surface area (TPSA) is 46.0 Å². The Hall–Kier alpha value is -2.24. The van der Waals surface area contributed by atoms with Crippen LogP contribution in [0, 0.1) is 11.7 Å². The number of nitrogens with one attached hydrogen (secondary N) is 1. The lowest BCUT2D eigenvalue weighted by Gasteiger charge is -2.03. The third-order valence-electron chi connectivity index (χ3n) is 3.16. The molecule has 0 radical (unpaired) electrons. The van der Waals surface area contributed by atoms with E-state index in [1.165, 1.54) is 5.56 Å². The van der Waals surface area contributed by atoms with E-state index in [4.69, 9.17) is 23.8 Å². The lowest BCUT2D eigenvalue weighted by molar-refractivity contribution is 0.871. The van der Waals surface area contributed by atoms with Crippen LogP contribution in [-0.2, 0) is 0 Å². The van der Waals surface area contributed by atoms with Crippen molar-refractivity contribution in [2.45, 2.75) is 6.92 Å². The molecule has 0 aliphatic carbocycles. The third kappa shape index (κ3) is 3.00. The molecule has 0 saturated carbocycles. The van der Waals surface area contributed by atoms with Gasteiger partial charge in [0.15, 0.2) is 5.82 Å². The number of rotatable bonds is 3. The highest BCUT2D eigenvalue weighted by Crippen LogP contribution is 2.25. The van der Waals surface area contributed by atoms with Crippen LogP contribution < -0.4 is 0 Å². The van der Waals surface area contributed by atoms with Crippen LogP contribution in [0.2, 0.25) is 5.02 Å². The van der Waals surface area contributed by atoms with Gasteiger partial charge in [-0.05, 0) is 36.8 Å². The molecule has 0 saturated heterocycles. The van der Waals surface area contributed by atoms with Gasteiger partial charge in [0.25, 0.3) is 0 Å². The summed E-state index contributed by atoms with van der Waals surface area (Å²) in [6.45, 7) is 2.04. The van der Waals surface area contributed by atoms with Crippen LogP contribution in [0.1, 0.15) is 11.1 Å². The molecule has 1 N–H and O–H groups in total. The SMILES string of the molecule is Cc1ccc(C=Nn2c(-c3ccccc3Cl)n[nH]c2=S)cc1. The lowest BCUT2D eigenvalue weighted by Crippen LogP contribution is -1.95. The lowest BCUT2D eigenvalue weighted by atomic mass is 10.2. The molecular formula is C16H13ClN4S. The monoisotopic (exact) mass is 328 g/mol. The fraction of sp³-hybridized carbons (Fsp3) is 0.0625. The van der Waals surface area contributed by atoms with Crippen molar-refractivity contribution in [2.75, 3.05) is 0 Å². The van der Waals surface area contributed by atoms with Crippen LogP contribution in [0.4, 0.5) is 0 Å². The minimum Gasteiger partial charge on any atom is -0.250 e. The number of nitrogens with zero attached hydrogens (tertiary/aromatic N) is 3. The van der Waals surface area contributed by atoms with E-state index in [2.05, 4.69) is 15.3 Å². The van der Waals surface area contributed by atoms with E-state index in [1.807, 2.05) is 55.5 Å². The van der Waals surface area contributed by atoms with Crippen molar-refractivity contribution in [3.05, 3.63) is 69.5 Å². The number of H-pyrrole nitrogens is 1. The number of hydrogen-bond acceptors (Lipinski definition) is 3. The second-order valence-electron chi connectivity index (χ2n) is 4.80. The number of aryl methyl sites for hydroxylation is 1. The summed E-state index contributed by atoms with van der Waals surface area (Å²) in [4.78, 5) is 0. The predicted molar refractivity (Wildman–Crippen MR) is 92.0 cm³/mol. The van der Waals surface area contributed by atoms with E-state index in [0.717, 1.165) is 11.1 Å². The van der Waals surface area contributed by atoms with E-state index >= 15 is 0 Å². The van der Waals surface area contributed by atoms with Crippen molar-refractivity contribution in [2.24, 2.45) is 5.10 Å². The summed E-state index contributed by atoms with van der Waals surface area (Å²) in [5.74, 6) is 0.582. The maximum atomic E-state index is 6.22. The molecule has 4 nitrogen and oxygen atoms in total. The molecule has 0 unspecified atom stereocenters. The Morgan fingerprint density at radius 1 is 1.18 bits per heavy atom. The summed E-state index contributed by atoms with van der Waals surface area (Å²) >= 11 is 11.5. The van der Waals surface area contributed by atoms with Crippen molar-refractivity contribution >= 4 is 30.0 Å². The molecule has 6 heteroatoms. The average molecular weight is 329 g/mol. The Morgan fingerprint density at radius 2 is 1.91 bits per heavy atom. The molecule has 0 fully saturated rings. The van der Waals surface area contributed by atoms with Crippen molar-refractivity contribution in [1.82, 2.24) is 14.9 Å². The standard InChI is InChI=1S/C16H13ClN4S/c1-11-6-8-12(9-7-11)10-18-21-15(19-20-16(21)22)13-4-2-3-5-14(13)17/h2-10H,1H3,(H,20,22). The zero-order valence-electron chi connectivity index (χ0n) is 11.8. The second-order valence-corrected chi connectivity index (χ2v) is 5.59. The smallest absolute Gasteiger partial charge is 0.216 e. The van der Waals surface area contributed by atoms with Gasteiger partial charge in [-0.25, -0.2) is 5.10 Å². The Balaban J connectivity index is 2.02. The molecule has 3 rings (SSSR count). The Labute approximate surface area is 138 Å². The second kappa shape index (κ2) is 6.25. The number of aromatic amines is 1. The number of halogens is 1. The first kappa shape index (κ1) is 14.7. The van der Waals surface area contributed by atoms with E-state index in [0.29, 0.717) is 15.6 Å². The molecule has 0 spiro atoms. The largest absolute Gasteiger partial charge is 0.250 e. The summed E-state index contributed by atoms with van der Waals surface area (Å²) in [6, 6.07) is 15.5. The molecule has 110 valence electrons. The molecule has 0 aliphatic heterocycles. The van der Waals surface area contributed by atoms with Gasteiger partial charge in [-0.2, -0.15) is 14.9 Å². The molecule has 0 bridgehead atoms. The van der Waals surface area contributed by atoms with Gasteiger partial charge in [0.1, 0.15) is 0 Å². The number of aromatic nitrogens is 3. The van der Waals surface area contributed by atoms with Crippen LogP contribution in [0.5, 0.6) is 0 Å². The van der Waals surface area contributed by atoms with Crippen LogP contribution in [0.3, 0.4) is 0 Å². The first-order valence-corrected chi connectivity index (χ1v) is 7.47.